The van der Waals surface area contributed by atoms with E-state index in [-0.39, 0.29) is 23.4 Å². The van der Waals surface area contributed by atoms with E-state index < -0.39 is 17.3 Å². The van der Waals surface area contributed by atoms with Crippen LogP contribution in [0.3, 0.4) is 0 Å². The van der Waals surface area contributed by atoms with E-state index in [1.807, 2.05) is 18.2 Å². The molecule has 0 amide bonds. The van der Waals surface area contributed by atoms with Gasteiger partial charge in [0, 0.05) is 5.56 Å². The molecule has 0 atom stereocenters. The number of ether oxygens (including phenoxy) is 1. The first-order valence-corrected chi connectivity index (χ1v) is 14.7. The van der Waals surface area contributed by atoms with Crippen LogP contribution in [0.15, 0.2) is 88.8 Å². The third-order valence-electron chi connectivity index (χ3n) is 5.91. The van der Waals surface area contributed by atoms with Crippen molar-refractivity contribution < 1.29 is 17.9 Å². The molecule has 0 N–H and O–H groups in total. The summed E-state index contributed by atoms with van der Waals surface area (Å²) in [5, 5.41) is 5.56. The minimum absolute atomic E-state index is 0.0120. The van der Waals surface area contributed by atoms with Crippen LogP contribution in [0.4, 0.5) is 13.2 Å². The SMILES string of the molecule is O=c1c2ccccc2nc(-c2cccc(C(F)(F)F)c2)n1N=Cc1cc(I)c(OCc2ccc(Cl)c(Cl)c2)c(I)c1. The van der Waals surface area contributed by atoms with Crippen LogP contribution in [-0.4, -0.2) is 15.9 Å². The highest BCUT2D eigenvalue weighted by atomic mass is 127. The van der Waals surface area contributed by atoms with E-state index >= 15 is 0 Å². The highest BCUT2D eigenvalue weighted by Crippen LogP contribution is 2.33. The molecule has 0 fully saturated rings. The average Bonchev–Trinajstić information content (AvgIpc) is 2.93. The smallest absolute Gasteiger partial charge is 0.416 e. The molecule has 1 aromatic heterocycles. The van der Waals surface area contributed by atoms with Gasteiger partial charge in [-0.3, -0.25) is 4.79 Å². The van der Waals surface area contributed by atoms with Gasteiger partial charge in [-0.1, -0.05) is 53.5 Å². The topological polar surface area (TPSA) is 56.5 Å². The van der Waals surface area contributed by atoms with Gasteiger partial charge in [-0.2, -0.15) is 22.9 Å². The predicted octanol–water partition coefficient (Wildman–Crippen LogP) is 9.06. The number of nitrogens with zero attached hydrogens (tertiary/aromatic N) is 3. The molecule has 0 radical (unpaired) electrons. The lowest BCUT2D eigenvalue weighted by molar-refractivity contribution is -0.137. The summed E-state index contributed by atoms with van der Waals surface area (Å²) in [6.45, 7) is 0.273. The lowest BCUT2D eigenvalue weighted by Crippen LogP contribution is -2.20. The maximum atomic E-state index is 13.4. The van der Waals surface area contributed by atoms with Gasteiger partial charge in [0.1, 0.15) is 12.4 Å². The summed E-state index contributed by atoms with van der Waals surface area (Å²) in [6, 6.07) is 20.2. The Morgan fingerprint density at radius 1 is 0.927 bits per heavy atom. The van der Waals surface area contributed by atoms with Crippen LogP contribution in [-0.2, 0) is 12.8 Å². The van der Waals surface area contributed by atoms with Crippen molar-refractivity contribution in [1.29, 1.82) is 0 Å². The normalized spacial score (nSPS) is 11.9. The number of rotatable bonds is 6. The van der Waals surface area contributed by atoms with Crippen LogP contribution in [0.5, 0.6) is 5.75 Å². The van der Waals surface area contributed by atoms with Gasteiger partial charge in [0.2, 0.25) is 0 Å². The van der Waals surface area contributed by atoms with E-state index in [1.165, 1.54) is 18.3 Å². The van der Waals surface area contributed by atoms with Gasteiger partial charge in [-0.05, 0) is 105 Å². The summed E-state index contributed by atoms with van der Waals surface area (Å²) in [5.41, 5.74) is 0.593. The Labute approximate surface area is 269 Å². The Morgan fingerprint density at radius 2 is 1.66 bits per heavy atom. The van der Waals surface area contributed by atoms with Gasteiger partial charge < -0.3 is 4.74 Å². The van der Waals surface area contributed by atoms with Crippen LogP contribution in [0, 0.1) is 7.14 Å². The molecule has 0 aliphatic heterocycles. The molecular weight excluding hydrogens is 804 g/mol. The van der Waals surface area contributed by atoms with E-state index in [0.29, 0.717) is 26.9 Å². The summed E-state index contributed by atoms with van der Waals surface area (Å²) in [5.74, 6) is 0.644. The second-order valence-electron chi connectivity index (χ2n) is 8.74. The fourth-order valence-corrected chi connectivity index (χ4v) is 6.40. The highest BCUT2D eigenvalue weighted by Gasteiger charge is 2.31. The van der Waals surface area contributed by atoms with Gasteiger partial charge in [-0.15, -0.1) is 0 Å². The molecule has 0 unspecified atom stereocenters. The Bertz CT molecular complexity index is 1850. The third kappa shape index (κ3) is 6.71. The molecule has 0 saturated carbocycles. The molecule has 208 valence electrons. The van der Waals surface area contributed by atoms with Crippen LogP contribution in [0.25, 0.3) is 22.3 Å². The summed E-state index contributed by atoms with van der Waals surface area (Å²) in [4.78, 5) is 17.9. The average molecular weight is 820 g/mol. The van der Waals surface area contributed by atoms with Gasteiger partial charge in [0.05, 0.1) is 39.9 Å². The molecule has 4 aromatic carbocycles. The largest absolute Gasteiger partial charge is 0.487 e. The molecule has 5 nitrogen and oxygen atoms in total. The number of para-hydroxylation sites is 1. The van der Waals surface area contributed by atoms with Crippen molar-refractivity contribution in [2.24, 2.45) is 5.10 Å². The Hall–Kier alpha value is -2.68. The maximum absolute atomic E-state index is 13.4. The third-order valence-corrected chi connectivity index (χ3v) is 8.25. The first kappa shape index (κ1) is 29.8. The van der Waals surface area contributed by atoms with Crippen molar-refractivity contribution in [2.75, 3.05) is 0 Å². The molecule has 0 bridgehead atoms. The van der Waals surface area contributed by atoms with Crippen LogP contribution in [0.2, 0.25) is 10.0 Å². The zero-order valence-electron chi connectivity index (χ0n) is 20.6. The Balaban J connectivity index is 1.51. The van der Waals surface area contributed by atoms with Gasteiger partial charge >= 0.3 is 6.18 Å². The number of halogens is 7. The minimum atomic E-state index is -4.56. The number of benzene rings is 4. The van der Waals surface area contributed by atoms with Crippen molar-refractivity contribution in [3.8, 4) is 17.1 Å². The molecule has 41 heavy (non-hydrogen) atoms. The van der Waals surface area contributed by atoms with Crippen molar-refractivity contribution in [1.82, 2.24) is 9.66 Å². The summed E-state index contributed by atoms with van der Waals surface area (Å²) in [6.07, 6.45) is -3.10. The maximum Gasteiger partial charge on any atom is 0.416 e. The van der Waals surface area contributed by atoms with E-state index in [1.54, 1.807) is 36.4 Å². The molecule has 0 spiro atoms. The van der Waals surface area contributed by atoms with Crippen molar-refractivity contribution in [3.63, 3.8) is 0 Å². The van der Waals surface area contributed by atoms with E-state index in [9.17, 15) is 18.0 Å². The molecule has 0 saturated heterocycles. The molecule has 5 aromatic rings. The summed E-state index contributed by atoms with van der Waals surface area (Å²) in [7, 11) is 0. The number of hydrogen-bond acceptors (Lipinski definition) is 4. The van der Waals surface area contributed by atoms with Gasteiger partial charge in [-0.25, -0.2) is 4.98 Å². The van der Waals surface area contributed by atoms with Crippen molar-refractivity contribution in [3.05, 3.63) is 123 Å². The van der Waals surface area contributed by atoms with Gasteiger partial charge in [0.25, 0.3) is 5.56 Å². The summed E-state index contributed by atoms with van der Waals surface area (Å²) >= 11 is 16.4. The van der Waals surface area contributed by atoms with Crippen LogP contribution >= 0.6 is 68.4 Å². The second-order valence-corrected chi connectivity index (χ2v) is 11.9. The van der Waals surface area contributed by atoms with E-state index in [0.717, 1.165) is 29.5 Å². The van der Waals surface area contributed by atoms with E-state index in [4.69, 9.17) is 27.9 Å². The fourth-order valence-electron chi connectivity index (χ4n) is 3.95. The number of fused-ring (bicyclic) bond motifs is 1. The quantitative estimate of drug-likeness (QED) is 0.127. The first-order chi connectivity index (χ1) is 19.5. The van der Waals surface area contributed by atoms with Crippen LogP contribution < -0.4 is 10.3 Å². The number of alkyl halides is 3. The predicted molar refractivity (Wildman–Crippen MR) is 172 cm³/mol. The zero-order chi connectivity index (χ0) is 29.3. The lowest BCUT2D eigenvalue weighted by atomic mass is 10.1. The highest BCUT2D eigenvalue weighted by molar-refractivity contribution is 14.1. The molecule has 0 aliphatic rings. The van der Waals surface area contributed by atoms with Crippen molar-refractivity contribution >= 4 is 85.5 Å². The fraction of sp³-hybridized carbons (Fsp3) is 0.0690. The molecular formula is C29H16Cl2F3I2N3O2. The number of hydrogen-bond donors (Lipinski definition) is 0. The van der Waals surface area contributed by atoms with Gasteiger partial charge in [0.15, 0.2) is 5.82 Å². The lowest BCUT2D eigenvalue weighted by Gasteiger charge is -2.13. The first-order valence-electron chi connectivity index (χ1n) is 11.8. The monoisotopic (exact) mass is 819 g/mol. The summed E-state index contributed by atoms with van der Waals surface area (Å²) < 4.78 is 48.9. The van der Waals surface area contributed by atoms with E-state index in [2.05, 4.69) is 55.3 Å². The zero-order valence-corrected chi connectivity index (χ0v) is 26.4. The molecule has 0 aliphatic carbocycles. The standard InChI is InChI=1S/C29H16Cl2F3I2N3O2/c30-21-9-8-16(10-22(21)31)15-41-26-23(35)11-17(12-24(26)36)14-37-39-27(18-4-3-5-19(13-18)29(32,33)34)38-25-7-2-1-6-20(25)28(39)40/h1-14H,15H2. The van der Waals surface area contributed by atoms with Crippen molar-refractivity contribution in [2.45, 2.75) is 12.8 Å². The second kappa shape index (κ2) is 12.3. The Kier molecular flexibility index (Phi) is 8.92. The Morgan fingerprint density at radius 3 is 2.37 bits per heavy atom. The molecule has 12 heteroatoms. The number of aromatic nitrogens is 2. The molecule has 1 heterocycles. The van der Waals surface area contributed by atoms with Crippen LogP contribution in [0.1, 0.15) is 16.7 Å². The minimum Gasteiger partial charge on any atom is -0.487 e. The molecule has 5 rings (SSSR count).